The number of pyridine rings is 1. The van der Waals surface area contributed by atoms with Gasteiger partial charge < -0.3 is 10.1 Å². The highest BCUT2D eigenvalue weighted by Gasteiger charge is 2.07. The molecule has 0 aliphatic carbocycles. The molecule has 0 radical (unpaired) electrons. The molecule has 0 amide bonds. The van der Waals surface area contributed by atoms with Crippen LogP contribution in [0.15, 0.2) is 36.5 Å². The second-order valence-corrected chi connectivity index (χ2v) is 3.62. The maximum absolute atomic E-state index is 13.3. The molecule has 18 heavy (non-hydrogen) atoms. The summed E-state index contributed by atoms with van der Waals surface area (Å²) in [7, 11) is 1.74. The Kier molecular flexibility index (Phi) is 3.72. The highest BCUT2D eigenvalue weighted by atomic mass is 19.1. The lowest BCUT2D eigenvalue weighted by molar-refractivity contribution is 0.289. The number of nitrogens with zero attached hydrogens (tertiary/aromatic N) is 1. The predicted molar refractivity (Wildman–Crippen MR) is 64.5 cm³/mol. The van der Waals surface area contributed by atoms with Crippen LogP contribution in [0.4, 0.5) is 14.6 Å². The van der Waals surface area contributed by atoms with Crippen molar-refractivity contribution in [2.24, 2.45) is 0 Å². The molecular formula is C13H12F2N2O. The topological polar surface area (TPSA) is 34.2 Å². The number of hydrogen-bond acceptors (Lipinski definition) is 3. The zero-order valence-corrected chi connectivity index (χ0v) is 9.78. The van der Waals surface area contributed by atoms with Crippen molar-refractivity contribution in [2.45, 2.75) is 6.61 Å². The lowest BCUT2D eigenvalue weighted by Gasteiger charge is -2.10. The number of hydrogen-bond donors (Lipinski definition) is 1. The maximum Gasteiger partial charge on any atom is 0.167 e. The minimum atomic E-state index is -0.718. The fourth-order valence-corrected chi connectivity index (χ4v) is 1.53. The van der Waals surface area contributed by atoms with Crippen LogP contribution < -0.4 is 10.1 Å². The zero-order chi connectivity index (χ0) is 13.0. The van der Waals surface area contributed by atoms with Gasteiger partial charge in [0.2, 0.25) is 0 Å². The third kappa shape index (κ3) is 2.74. The van der Waals surface area contributed by atoms with Gasteiger partial charge in [0, 0.05) is 24.9 Å². The van der Waals surface area contributed by atoms with Crippen molar-refractivity contribution in [3.8, 4) is 5.75 Å². The summed E-state index contributed by atoms with van der Waals surface area (Å²) in [6.45, 7) is 0.159. The van der Waals surface area contributed by atoms with Crippen molar-refractivity contribution in [3.63, 3.8) is 0 Å². The molecular weight excluding hydrogens is 238 g/mol. The van der Waals surface area contributed by atoms with E-state index in [4.69, 9.17) is 4.74 Å². The first-order valence-electron chi connectivity index (χ1n) is 5.40. The zero-order valence-electron chi connectivity index (χ0n) is 9.78. The van der Waals surface area contributed by atoms with Gasteiger partial charge >= 0.3 is 0 Å². The molecule has 1 aromatic heterocycles. The van der Waals surface area contributed by atoms with Crippen molar-refractivity contribution in [1.82, 2.24) is 4.98 Å². The second kappa shape index (κ2) is 5.44. The van der Waals surface area contributed by atoms with E-state index in [1.165, 1.54) is 6.07 Å². The molecule has 0 saturated heterocycles. The monoisotopic (exact) mass is 250 g/mol. The van der Waals surface area contributed by atoms with Crippen molar-refractivity contribution in [1.29, 1.82) is 0 Å². The van der Waals surface area contributed by atoms with Crippen molar-refractivity contribution >= 4 is 5.82 Å². The number of benzene rings is 1. The van der Waals surface area contributed by atoms with Crippen molar-refractivity contribution in [3.05, 3.63) is 53.7 Å². The molecule has 0 aliphatic heterocycles. The highest BCUT2D eigenvalue weighted by Crippen LogP contribution is 2.20. The van der Waals surface area contributed by atoms with Crippen LogP contribution in [0.25, 0.3) is 0 Å². The van der Waals surface area contributed by atoms with Gasteiger partial charge in [-0.2, -0.15) is 0 Å². The van der Waals surface area contributed by atoms with Gasteiger partial charge in [-0.05, 0) is 18.2 Å². The standard InChI is InChI=1S/C13H12F2N2O/c1-16-13-9(3-2-6-17-13)8-18-12-5-4-10(14)7-11(12)15/h2-7H,8H2,1H3,(H,16,17). The molecule has 3 nitrogen and oxygen atoms in total. The van der Waals surface area contributed by atoms with Gasteiger partial charge in [-0.3, -0.25) is 0 Å². The summed E-state index contributed by atoms with van der Waals surface area (Å²) in [5.41, 5.74) is 0.795. The van der Waals surface area contributed by atoms with E-state index in [1.54, 1.807) is 19.3 Å². The third-order valence-corrected chi connectivity index (χ3v) is 2.41. The highest BCUT2D eigenvalue weighted by molar-refractivity contribution is 5.42. The first-order chi connectivity index (χ1) is 8.70. The van der Waals surface area contributed by atoms with E-state index >= 15 is 0 Å². The summed E-state index contributed by atoms with van der Waals surface area (Å²) in [6, 6.07) is 6.79. The van der Waals surface area contributed by atoms with Crippen LogP contribution in [-0.2, 0) is 6.61 Å². The Bertz CT molecular complexity index is 546. The summed E-state index contributed by atoms with van der Waals surface area (Å²) in [5, 5.41) is 2.91. The molecule has 2 rings (SSSR count). The van der Waals surface area contributed by atoms with Crippen LogP contribution >= 0.6 is 0 Å². The first-order valence-corrected chi connectivity index (χ1v) is 5.40. The van der Waals surface area contributed by atoms with Gasteiger partial charge in [-0.25, -0.2) is 13.8 Å². The van der Waals surface area contributed by atoms with Crippen LogP contribution in [0.1, 0.15) is 5.56 Å². The molecule has 94 valence electrons. The number of aromatic nitrogens is 1. The second-order valence-electron chi connectivity index (χ2n) is 3.62. The summed E-state index contributed by atoms with van der Waals surface area (Å²) in [5.74, 6) is -0.663. The van der Waals surface area contributed by atoms with Crippen LogP contribution in [-0.4, -0.2) is 12.0 Å². The minimum Gasteiger partial charge on any atom is -0.486 e. The summed E-state index contributed by atoms with van der Waals surface area (Å²) >= 11 is 0. The van der Waals surface area contributed by atoms with E-state index < -0.39 is 11.6 Å². The van der Waals surface area contributed by atoms with Crippen molar-refractivity contribution < 1.29 is 13.5 Å². The Balaban J connectivity index is 2.11. The van der Waals surface area contributed by atoms with Crippen LogP contribution in [0, 0.1) is 11.6 Å². The molecule has 0 aliphatic rings. The molecule has 1 N–H and O–H groups in total. The number of rotatable bonds is 4. The Morgan fingerprint density at radius 3 is 2.83 bits per heavy atom. The Morgan fingerprint density at radius 2 is 2.11 bits per heavy atom. The summed E-state index contributed by atoms with van der Waals surface area (Å²) < 4.78 is 31.4. The smallest absolute Gasteiger partial charge is 0.167 e. The number of anilines is 1. The first kappa shape index (κ1) is 12.3. The predicted octanol–water partition coefficient (Wildman–Crippen LogP) is 2.98. The van der Waals surface area contributed by atoms with Gasteiger partial charge in [0.15, 0.2) is 11.6 Å². The van der Waals surface area contributed by atoms with Gasteiger partial charge in [0.05, 0.1) is 0 Å². The van der Waals surface area contributed by atoms with E-state index in [9.17, 15) is 8.78 Å². The number of nitrogens with one attached hydrogen (secondary N) is 1. The molecule has 2 aromatic rings. The normalized spacial score (nSPS) is 10.2. The molecule has 0 unspecified atom stereocenters. The number of halogens is 2. The van der Waals surface area contributed by atoms with E-state index in [0.29, 0.717) is 5.82 Å². The SMILES string of the molecule is CNc1ncccc1COc1ccc(F)cc1F. The van der Waals surface area contributed by atoms with Crippen molar-refractivity contribution in [2.75, 3.05) is 12.4 Å². The molecule has 0 bridgehead atoms. The summed E-state index contributed by atoms with van der Waals surface area (Å²) in [6.07, 6.45) is 1.65. The van der Waals surface area contributed by atoms with E-state index in [2.05, 4.69) is 10.3 Å². The Morgan fingerprint density at radius 1 is 1.28 bits per heavy atom. The molecule has 0 spiro atoms. The number of ether oxygens (including phenoxy) is 1. The quantitative estimate of drug-likeness (QED) is 0.905. The van der Waals surface area contributed by atoms with Crippen LogP contribution in [0.3, 0.4) is 0 Å². The van der Waals surface area contributed by atoms with Gasteiger partial charge in [0.25, 0.3) is 0 Å². The fraction of sp³-hybridized carbons (Fsp3) is 0.154. The lowest BCUT2D eigenvalue weighted by atomic mass is 10.2. The summed E-state index contributed by atoms with van der Waals surface area (Å²) in [4.78, 5) is 4.10. The molecule has 0 atom stereocenters. The molecule has 1 aromatic carbocycles. The maximum atomic E-state index is 13.3. The van der Waals surface area contributed by atoms with Crippen LogP contribution in [0.5, 0.6) is 5.75 Å². The fourth-order valence-electron chi connectivity index (χ4n) is 1.53. The Labute approximate surface area is 103 Å². The molecule has 1 heterocycles. The third-order valence-electron chi connectivity index (χ3n) is 2.41. The van der Waals surface area contributed by atoms with Gasteiger partial charge in [-0.1, -0.05) is 6.07 Å². The van der Waals surface area contributed by atoms with Gasteiger partial charge in [-0.15, -0.1) is 0 Å². The molecule has 5 heteroatoms. The minimum absolute atomic E-state index is 0.0160. The van der Waals surface area contributed by atoms with Gasteiger partial charge in [0.1, 0.15) is 18.2 Å². The van der Waals surface area contributed by atoms with Crippen LogP contribution in [0.2, 0.25) is 0 Å². The van der Waals surface area contributed by atoms with E-state index in [-0.39, 0.29) is 12.4 Å². The lowest BCUT2D eigenvalue weighted by Crippen LogP contribution is -2.03. The Hall–Kier alpha value is -2.17. The average molecular weight is 250 g/mol. The molecule has 0 fully saturated rings. The van der Waals surface area contributed by atoms with E-state index in [1.807, 2.05) is 6.07 Å². The molecule has 0 saturated carbocycles. The van der Waals surface area contributed by atoms with E-state index in [0.717, 1.165) is 17.7 Å². The largest absolute Gasteiger partial charge is 0.486 e. The average Bonchev–Trinajstić information content (AvgIpc) is 2.38.